The first-order chi connectivity index (χ1) is 17.9. The van der Waals surface area contributed by atoms with Crippen molar-refractivity contribution in [1.82, 2.24) is 9.80 Å². The molecule has 0 N–H and O–H groups in total. The average molecular weight is 505 g/mol. The fourth-order valence-electron chi connectivity index (χ4n) is 5.34. The number of hydrogen-bond acceptors (Lipinski definition) is 4. The van der Waals surface area contributed by atoms with E-state index in [4.69, 9.17) is 9.47 Å². The van der Waals surface area contributed by atoms with Gasteiger partial charge in [0.05, 0.1) is 19.8 Å². The number of carbonyl (C=O) groups is 1. The van der Waals surface area contributed by atoms with E-state index in [9.17, 15) is 9.18 Å². The predicted octanol–water partition coefficient (Wildman–Crippen LogP) is 5.86. The Balaban J connectivity index is 1.59. The molecule has 4 rings (SSSR count). The Morgan fingerprint density at radius 2 is 1.62 bits per heavy atom. The van der Waals surface area contributed by atoms with Crippen molar-refractivity contribution in [3.05, 3.63) is 95.3 Å². The van der Waals surface area contributed by atoms with Gasteiger partial charge in [-0.1, -0.05) is 56.3 Å². The second kappa shape index (κ2) is 12.2. The van der Waals surface area contributed by atoms with Crippen LogP contribution in [0.15, 0.2) is 72.8 Å². The van der Waals surface area contributed by atoms with E-state index in [0.717, 1.165) is 36.7 Å². The molecule has 5 nitrogen and oxygen atoms in total. The molecule has 0 bridgehead atoms. The highest BCUT2D eigenvalue weighted by Crippen LogP contribution is 2.35. The van der Waals surface area contributed by atoms with Gasteiger partial charge in [-0.15, -0.1) is 0 Å². The van der Waals surface area contributed by atoms with Gasteiger partial charge in [0.2, 0.25) is 0 Å². The van der Waals surface area contributed by atoms with Crippen LogP contribution in [0, 0.1) is 17.7 Å². The van der Waals surface area contributed by atoms with Gasteiger partial charge in [-0.3, -0.25) is 9.69 Å². The van der Waals surface area contributed by atoms with Crippen molar-refractivity contribution in [1.29, 1.82) is 0 Å². The number of nitrogens with zero attached hydrogens (tertiary/aromatic N) is 2. The standard InChI is InChI=1S/C31H37FN2O3/c1-22(2)17-34(31(35)28-12-8-9-13-30(28)32)20-25-19-33(21-29(25)24-10-6-5-7-11-24)18-23-14-26(36-3)16-27(15-23)37-4/h5-16,22,25,29H,17-21H2,1-4H3/t25-,29+/m1/s1. The molecule has 1 fully saturated rings. The molecular weight excluding hydrogens is 467 g/mol. The first kappa shape index (κ1) is 26.7. The molecule has 3 aromatic rings. The van der Waals surface area contributed by atoms with Gasteiger partial charge in [-0.25, -0.2) is 4.39 Å². The minimum absolute atomic E-state index is 0.137. The quantitative estimate of drug-likeness (QED) is 0.347. The molecular formula is C31H37FN2O3. The molecule has 1 aliphatic rings. The number of halogens is 1. The van der Waals surface area contributed by atoms with Gasteiger partial charge in [0.1, 0.15) is 17.3 Å². The molecule has 3 aromatic carbocycles. The monoisotopic (exact) mass is 504 g/mol. The van der Waals surface area contributed by atoms with Crippen LogP contribution in [-0.4, -0.2) is 56.1 Å². The Bertz CT molecular complexity index is 1160. The molecule has 1 aliphatic heterocycles. The summed E-state index contributed by atoms with van der Waals surface area (Å²) in [6.45, 7) is 7.79. The van der Waals surface area contributed by atoms with Gasteiger partial charge >= 0.3 is 0 Å². The molecule has 6 heteroatoms. The third-order valence-electron chi connectivity index (χ3n) is 6.99. The van der Waals surface area contributed by atoms with E-state index in [2.05, 4.69) is 43.0 Å². The van der Waals surface area contributed by atoms with E-state index < -0.39 is 5.82 Å². The Hall–Kier alpha value is -3.38. The molecule has 196 valence electrons. The van der Waals surface area contributed by atoms with Gasteiger partial charge in [0, 0.05) is 44.7 Å². The van der Waals surface area contributed by atoms with Gasteiger partial charge in [0.15, 0.2) is 0 Å². The van der Waals surface area contributed by atoms with E-state index in [0.29, 0.717) is 13.1 Å². The van der Waals surface area contributed by atoms with Crippen LogP contribution in [-0.2, 0) is 6.54 Å². The van der Waals surface area contributed by atoms with E-state index in [1.54, 1.807) is 32.4 Å². The predicted molar refractivity (Wildman–Crippen MR) is 145 cm³/mol. The lowest BCUT2D eigenvalue weighted by atomic mass is 9.88. The number of ether oxygens (including phenoxy) is 2. The maximum Gasteiger partial charge on any atom is 0.256 e. The molecule has 0 aliphatic carbocycles. The van der Waals surface area contributed by atoms with E-state index in [1.807, 2.05) is 29.2 Å². The summed E-state index contributed by atoms with van der Waals surface area (Å²) in [6, 6.07) is 22.7. The number of carbonyl (C=O) groups excluding carboxylic acids is 1. The van der Waals surface area contributed by atoms with Crippen molar-refractivity contribution in [3.63, 3.8) is 0 Å². The summed E-state index contributed by atoms with van der Waals surface area (Å²) in [7, 11) is 3.32. The zero-order chi connectivity index (χ0) is 26.4. The fraction of sp³-hybridized carbons (Fsp3) is 0.387. The number of methoxy groups -OCH3 is 2. The third-order valence-corrected chi connectivity index (χ3v) is 6.99. The van der Waals surface area contributed by atoms with Crippen LogP contribution in [0.2, 0.25) is 0 Å². The molecule has 0 saturated carbocycles. The lowest BCUT2D eigenvalue weighted by Crippen LogP contribution is -2.40. The summed E-state index contributed by atoms with van der Waals surface area (Å²) in [4.78, 5) is 17.8. The second-order valence-corrected chi connectivity index (χ2v) is 10.3. The van der Waals surface area contributed by atoms with Gasteiger partial charge in [-0.05, 0) is 47.2 Å². The van der Waals surface area contributed by atoms with Crippen LogP contribution < -0.4 is 9.47 Å². The lowest BCUT2D eigenvalue weighted by Gasteiger charge is -2.30. The van der Waals surface area contributed by atoms with Crippen molar-refractivity contribution >= 4 is 5.91 Å². The molecule has 1 heterocycles. The van der Waals surface area contributed by atoms with Crippen LogP contribution in [0.25, 0.3) is 0 Å². The van der Waals surface area contributed by atoms with Gasteiger partial charge in [-0.2, -0.15) is 0 Å². The van der Waals surface area contributed by atoms with E-state index >= 15 is 0 Å². The number of amides is 1. The zero-order valence-electron chi connectivity index (χ0n) is 22.2. The lowest BCUT2D eigenvalue weighted by molar-refractivity contribution is 0.0698. The maximum atomic E-state index is 14.5. The smallest absolute Gasteiger partial charge is 0.256 e. The van der Waals surface area contributed by atoms with Gasteiger partial charge < -0.3 is 14.4 Å². The van der Waals surface area contributed by atoms with Crippen molar-refractivity contribution < 1.29 is 18.7 Å². The number of hydrogen-bond donors (Lipinski definition) is 0. The number of likely N-dealkylation sites (tertiary alicyclic amines) is 1. The summed E-state index contributed by atoms with van der Waals surface area (Å²) in [5.74, 6) is 1.57. The first-order valence-corrected chi connectivity index (χ1v) is 12.9. The van der Waals surface area contributed by atoms with Crippen molar-refractivity contribution in [2.45, 2.75) is 26.3 Å². The minimum atomic E-state index is -0.471. The largest absolute Gasteiger partial charge is 0.497 e. The van der Waals surface area contributed by atoms with Crippen LogP contribution in [0.3, 0.4) is 0 Å². The van der Waals surface area contributed by atoms with Crippen LogP contribution in [0.4, 0.5) is 4.39 Å². The van der Waals surface area contributed by atoms with Crippen LogP contribution in [0.1, 0.15) is 41.3 Å². The third kappa shape index (κ3) is 6.69. The molecule has 37 heavy (non-hydrogen) atoms. The molecule has 1 amide bonds. The topological polar surface area (TPSA) is 42.0 Å². The highest BCUT2D eigenvalue weighted by Gasteiger charge is 2.36. The molecule has 2 atom stereocenters. The molecule has 0 aromatic heterocycles. The molecule has 0 radical (unpaired) electrons. The molecule has 0 spiro atoms. The van der Waals surface area contributed by atoms with E-state index in [-0.39, 0.29) is 29.2 Å². The second-order valence-electron chi connectivity index (χ2n) is 10.3. The normalized spacial score (nSPS) is 17.7. The van der Waals surface area contributed by atoms with Crippen LogP contribution >= 0.6 is 0 Å². The van der Waals surface area contributed by atoms with Crippen molar-refractivity contribution in [2.24, 2.45) is 11.8 Å². The molecule has 0 unspecified atom stereocenters. The first-order valence-electron chi connectivity index (χ1n) is 12.9. The Labute approximate surface area is 219 Å². The van der Waals surface area contributed by atoms with Crippen LogP contribution in [0.5, 0.6) is 11.5 Å². The fourth-order valence-corrected chi connectivity index (χ4v) is 5.34. The molecule has 1 saturated heterocycles. The number of rotatable bonds is 10. The average Bonchev–Trinajstić information content (AvgIpc) is 3.30. The van der Waals surface area contributed by atoms with Gasteiger partial charge in [0.25, 0.3) is 5.91 Å². The highest BCUT2D eigenvalue weighted by atomic mass is 19.1. The Morgan fingerprint density at radius 3 is 2.24 bits per heavy atom. The van der Waals surface area contributed by atoms with E-state index in [1.165, 1.54) is 11.6 Å². The SMILES string of the molecule is COc1cc(CN2C[C@H](CN(CC(C)C)C(=O)c3ccccc3F)[C@H](c3ccccc3)C2)cc(OC)c1. The summed E-state index contributed by atoms with van der Waals surface area (Å²) in [5, 5.41) is 0. The Kier molecular flexibility index (Phi) is 8.82. The van der Waals surface area contributed by atoms with Crippen molar-refractivity contribution in [2.75, 3.05) is 40.4 Å². The highest BCUT2D eigenvalue weighted by molar-refractivity contribution is 5.94. The number of benzene rings is 3. The maximum absolute atomic E-state index is 14.5. The zero-order valence-corrected chi connectivity index (χ0v) is 22.2. The Morgan fingerprint density at radius 1 is 0.973 bits per heavy atom. The minimum Gasteiger partial charge on any atom is -0.497 e. The summed E-state index contributed by atoms with van der Waals surface area (Å²) < 4.78 is 25.5. The summed E-state index contributed by atoms with van der Waals surface area (Å²) in [6.07, 6.45) is 0. The summed E-state index contributed by atoms with van der Waals surface area (Å²) >= 11 is 0. The van der Waals surface area contributed by atoms with Crippen molar-refractivity contribution in [3.8, 4) is 11.5 Å². The summed E-state index contributed by atoms with van der Waals surface area (Å²) in [5.41, 5.74) is 2.52.